The molecule has 34 heavy (non-hydrogen) atoms. The SMILES string of the molecule is CCOC(=O)C(Cc1ccc(OC/C=C(\C)c2ccc(-c3ccc(Cl)cc3)cc2)cc1)OCC. The van der Waals surface area contributed by atoms with Gasteiger partial charge in [-0.1, -0.05) is 60.1 Å². The number of hydrogen-bond acceptors (Lipinski definition) is 4. The maximum Gasteiger partial charge on any atom is 0.335 e. The molecule has 3 aromatic rings. The first-order chi connectivity index (χ1) is 16.5. The third kappa shape index (κ3) is 7.47. The highest BCUT2D eigenvalue weighted by Crippen LogP contribution is 2.24. The summed E-state index contributed by atoms with van der Waals surface area (Å²) in [6.45, 7) is 7.00. The monoisotopic (exact) mass is 478 g/mol. The molecule has 0 fully saturated rings. The van der Waals surface area contributed by atoms with Crippen LogP contribution < -0.4 is 4.74 Å². The fourth-order valence-corrected chi connectivity index (χ4v) is 3.66. The summed E-state index contributed by atoms with van der Waals surface area (Å²) >= 11 is 5.98. The molecule has 1 atom stereocenters. The molecule has 0 bridgehead atoms. The minimum atomic E-state index is -0.589. The second kappa shape index (κ2) is 13.0. The Morgan fingerprint density at radius 1 is 0.882 bits per heavy atom. The van der Waals surface area contributed by atoms with Crippen molar-refractivity contribution in [2.24, 2.45) is 0 Å². The summed E-state index contributed by atoms with van der Waals surface area (Å²) in [5, 5.41) is 0.736. The molecule has 3 aromatic carbocycles. The summed E-state index contributed by atoms with van der Waals surface area (Å²) < 4.78 is 16.5. The molecule has 5 heteroatoms. The molecule has 0 aliphatic heterocycles. The average molecular weight is 479 g/mol. The van der Waals surface area contributed by atoms with Crippen LogP contribution in [0.1, 0.15) is 31.9 Å². The zero-order chi connectivity index (χ0) is 24.3. The van der Waals surface area contributed by atoms with Crippen molar-refractivity contribution in [2.75, 3.05) is 19.8 Å². The van der Waals surface area contributed by atoms with Crippen LogP contribution in [0, 0.1) is 0 Å². The molecular formula is C29H31ClO4. The zero-order valence-corrected chi connectivity index (χ0v) is 20.7. The Balaban J connectivity index is 1.54. The van der Waals surface area contributed by atoms with E-state index >= 15 is 0 Å². The lowest BCUT2D eigenvalue weighted by molar-refractivity contribution is -0.156. The van der Waals surface area contributed by atoms with Crippen molar-refractivity contribution in [1.82, 2.24) is 0 Å². The second-order valence-electron chi connectivity index (χ2n) is 7.83. The molecule has 1 unspecified atom stereocenters. The fraction of sp³-hybridized carbons (Fsp3) is 0.276. The van der Waals surface area contributed by atoms with Crippen LogP contribution in [-0.4, -0.2) is 31.9 Å². The van der Waals surface area contributed by atoms with Crippen molar-refractivity contribution in [1.29, 1.82) is 0 Å². The lowest BCUT2D eigenvalue weighted by Crippen LogP contribution is -2.28. The maximum absolute atomic E-state index is 12.0. The molecular weight excluding hydrogens is 448 g/mol. The Kier molecular flexibility index (Phi) is 9.75. The van der Waals surface area contributed by atoms with Gasteiger partial charge >= 0.3 is 5.97 Å². The van der Waals surface area contributed by atoms with Crippen molar-refractivity contribution in [3.05, 3.63) is 95.0 Å². The molecule has 0 saturated carbocycles. The number of carbonyl (C=O) groups excluding carboxylic acids is 1. The fourth-order valence-electron chi connectivity index (χ4n) is 3.53. The van der Waals surface area contributed by atoms with Gasteiger partial charge < -0.3 is 14.2 Å². The van der Waals surface area contributed by atoms with Gasteiger partial charge in [0.1, 0.15) is 12.4 Å². The molecule has 0 aliphatic carbocycles. The summed E-state index contributed by atoms with van der Waals surface area (Å²) in [6.07, 6.45) is 1.95. The van der Waals surface area contributed by atoms with Crippen LogP contribution in [0.3, 0.4) is 0 Å². The highest BCUT2D eigenvalue weighted by Gasteiger charge is 2.20. The summed E-state index contributed by atoms with van der Waals surface area (Å²) in [5.41, 5.74) is 5.58. The highest BCUT2D eigenvalue weighted by atomic mass is 35.5. The third-order valence-corrected chi connectivity index (χ3v) is 5.67. The van der Waals surface area contributed by atoms with E-state index in [4.69, 9.17) is 25.8 Å². The lowest BCUT2D eigenvalue weighted by Gasteiger charge is -2.15. The van der Waals surface area contributed by atoms with Crippen molar-refractivity contribution in [3.63, 3.8) is 0 Å². The first kappa shape index (κ1) is 25.5. The van der Waals surface area contributed by atoms with Gasteiger partial charge in [-0.25, -0.2) is 4.79 Å². The molecule has 0 N–H and O–H groups in total. The number of hydrogen-bond donors (Lipinski definition) is 0. The van der Waals surface area contributed by atoms with Gasteiger partial charge in [-0.3, -0.25) is 0 Å². The van der Waals surface area contributed by atoms with Gasteiger partial charge in [-0.2, -0.15) is 0 Å². The summed E-state index contributed by atoms with van der Waals surface area (Å²) in [4.78, 5) is 12.0. The minimum Gasteiger partial charge on any atom is -0.490 e. The van der Waals surface area contributed by atoms with Gasteiger partial charge in [-0.05, 0) is 78.9 Å². The van der Waals surface area contributed by atoms with E-state index in [-0.39, 0.29) is 5.97 Å². The average Bonchev–Trinajstić information content (AvgIpc) is 2.85. The summed E-state index contributed by atoms with van der Waals surface area (Å²) in [6, 6.07) is 24.0. The Hall–Kier alpha value is -3.08. The second-order valence-corrected chi connectivity index (χ2v) is 8.26. The van der Waals surface area contributed by atoms with E-state index in [1.807, 2.05) is 55.5 Å². The van der Waals surface area contributed by atoms with Crippen LogP contribution in [0.15, 0.2) is 78.9 Å². The standard InChI is InChI=1S/C29H31ClO4/c1-4-32-28(29(31)33-5-2)20-22-6-16-27(17-7-22)34-19-18-21(3)23-8-10-24(11-9-23)25-12-14-26(30)15-13-25/h6-18,28H,4-5,19-20H2,1-3H3/b21-18+. The number of carbonyl (C=O) groups is 1. The molecule has 0 saturated heterocycles. The van der Waals surface area contributed by atoms with Gasteiger partial charge in [0.2, 0.25) is 0 Å². The number of ether oxygens (including phenoxy) is 3. The zero-order valence-electron chi connectivity index (χ0n) is 19.9. The quantitative estimate of drug-likeness (QED) is 0.278. The van der Waals surface area contributed by atoms with Gasteiger partial charge in [0.05, 0.1) is 6.61 Å². The van der Waals surface area contributed by atoms with Gasteiger partial charge in [0, 0.05) is 18.1 Å². The number of esters is 1. The van der Waals surface area contributed by atoms with Gasteiger partial charge in [0.15, 0.2) is 6.10 Å². The van der Waals surface area contributed by atoms with E-state index in [1.165, 1.54) is 0 Å². The largest absolute Gasteiger partial charge is 0.490 e. The predicted molar refractivity (Wildman–Crippen MR) is 138 cm³/mol. The Labute approximate surface area is 207 Å². The summed E-state index contributed by atoms with van der Waals surface area (Å²) in [7, 11) is 0. The molecule has 3 rings (SSSR count). The van der Waals surface area contributed by atoms with E-state index in [9.17, 15) is 4.79 Å². The minimum absolute atomic E-state index is 0.327. The third-order valence-electron chi connectivity index (χ3n) is 5.42. The molecule has 4 nitrogen and oxygen atoms in total. The van der Waals surface area contributed by atoms with E-state index in [1.54, 1.807) is 6.92 Å². The van der Waals surface area contributed by atoms with E-state index < -0.39 is 6.10 Å². The number of rotatable bonds is 11. The van der Waals surface area contributed by atoms with Crippen LogP contribution in [0.4, 0.5) is 0 Å². The maximum atomic E-state index is 12.0. The molecule has 178 valence electrons. The van der Waals surface area contributed by atoms with Crippen LogP contribution in [-0.2, 0) is 20.7 Å². The molecule has 0 radical (unpaired) electrons. The van der Waals surface area contributed by atoms with Crippen LogP contribution in [0.2, 0.25) is 5.02 Å². The molecule has 0 aromatic heterocycles. The highest BCUT2D eigenvalue weighted by molar-refractivity contribution is 6.30. The van der Waals surface area contributed by atoms with E-state index in [2.05, 4.69) is 37.3 Å². The smallest absolute Gasteiger partial charge is 0.335 e. The van der Waals surface area contributed by atoms with Crippen LogP contribution in [0.25, 0.3) is 16.7 Å². The predicted octanol–water partition coefficient (Wildman–Crippen LogP) is 7.00. The van der Waals surface area contributed by atoms with Crippen molar-refractivity contribution < 1.29 is 19.0 Å². The number of allylic oxidation sites excluding steroid dienone is 1. The van der Waals surface area contributed by atoms with Crippen LogP contribution in [0.5, 0.6) is 5.75 Å². The first-order valence-electron chi connectivity index (χ1n) is 11.5. The van der Waals surface area contributed by atoms with E-state index in [0.717, 1.165) is 38.6 Å². The number of benzene rings is 3. The Bertz CT molecular complexity index is 1070. The summed E-state index contributed by atoms with van der Waals surface area (Å²) in [5.74, 6) is 0.446. The van der Waals surface area contributed by atoms with Gasteiger partial charge in [0.25, 0.3) is 0 Å². The topological polar surface area (TPSA) is 44.8 Å². The molecule has 0 spiro atoms. The Morgan fingerprint density at radius 2 is 1.50 bits per heavy atom. The Morgan fingerprint density at radius 3 is 2.09 bits per heavy atom. The van der Waals surface area contributed by atoms with E-state index in [0.29, 0.717) is 26.2 Å². The van der Waals surface area contributed by atoms with Crippen LogP contribution >= 0.6 is 11.6 Å². The molecule has 0 heterocycles. The molecule has 0 aliphatic rings. The first-order valence-corrected chi connectivity index (χ1v) is 11.9. The normalized spacial score (nSPS) is 12.3. The van der Waals surface area contributed by atoms with Gasteiger partial charge in [-0.15, -0.1) is 0 Å². The molecule has 0 amide bonds. The lowest BCUT2D eigenvalue weighted by atomic mass is 10.0. The number of halogens is 1. The van der Waals surface area contributed by atoms with Crippen molar-refractivity contribution in [2.45, 2.75) is 33.3 Å². The van der Waals surface area contributed by atoms with Crippen molar-refractivity contribution >= 4 is 23.1 Å². The van der Waals surface area contributed by atoms with Crippen molar-refractivity contribution in [3.8, 4) is 16.9 Å².